The van der Waals surface area contributed by atoms with E-state index in [1.54, 1.807) is 0 Å². The van der Waals surface area contributed by atoms with Crippen molar-refractivity contribution in [3.8, 4) is 0 Å². The second-order valence-electron chi connectivity index (χ2n) is 3.99. The number of aryl methyl sites for hydroxylation is 1. The van der Waals surface area contributed by atoms with E-state index in [0.717, 1.165) is 31.0 Å². The highest BCUT2D eigenvalue weighted by Gasteiger charge is 2.15. The summed E-state index contributed by atoms with van der Waals surface area (Å²) in [4.78, 5) is 4.29. The lowest BCUT2D eigenvalue weighted by atomic mass is 9.96. The Balaban J connectivity index is 1.89. The monoisotopic (exact) mass is 194 g/mol. The minimum absolute atomic E-state index is 0.715. The van der Waals surface area contributed by atoms with Crippen molar-refractivity contribution in [1.82, 2.24) is 10.3 Å². The molecule has 1 aliphatic rings. The quantitative estimate of drug-likeness (QED) is 0.797. The molecule has 1 unspecified atom stereocenters. The summed E-state index contributed by atoms with van der Waals surface area (Å²) in [5.41, 5.74) is 0. The van der Waals surface area contributed by atoms with Gasteiger partial charge in [-0.05, 0) is 31.8 Å². The lowest BCUT2D eigenvalue weighted by Gasteiger charge is -2.21. The minimum atomic E-state index is 0.715. The van der Waals surface area contributed by atoms with Crippen molar-refractivity contribution in [3.05, 3.63) is 17.8 Å². The Kier molecular flexibility index (Phi) is 3.19. The first kappa shape index (κ1) is 9.71. The van der Waals surface area contributed by atoms with Crippen molar-refractivity contribution >= 4 is 0 Å². The van der Waals surface area contributed by atoms with E-state index in [1.165, 1.54) is 19.4 Å². The number of nitrogens with one attached hydrogen (secondary N) is 1. The number of hydrogen-bond donors (Lipinski definition) is 1. The number of aromatic nitrogens is 1. The lowest BCUT2D eigenvalue weighted by Crippen LogP contribution is -2.30. The Morgan fingerprint density at radius 2 is 2.57 bits per heavy atom. The highest BCUT2D eigenvalue weighted by atomic mass is 16.4. The van der Waals surface area contributed by atoms with Gasteiger partial charge >= 0.3 is 0 Å². The molecule has 14 heavy (non-hydrogen) atoms. The van der Waals surface area contributed by atoms with Gasteiger partial charge in [0.25, 0.3) is 0 Å². The molecule has 0 saturated carbocycles. The maximum atomic E-state index is 5.60. The first-order valence-corrected chi connectivity index (χ1v) is 5.52. The van der Waals surface area contributed by atoms with Crippen LogP contribution in [0.4, 0.5) is 0 Å². The minimum Gasteiger partial charge on any atom is -0.446 e. The van der Waals surface area contributed by atoms with Crippen LogP contribution >= 0.6 is 0 Å². The molecule has 0 aromatic carbocycles. The molecule has 1 aliphatic heterocycles. The van der Waals surface area contributed by atoms with E-state index in [-0.39, 0.29) is 0 Å². The molecular formula is C11H18N2O. The molecule has 1 aromatic rings. The Morgan fingerprint density at radius 1 is 1.64 bits per heavy atom. The van der Waals surface area contributed by atoms with Gasteiger partial charge in [-0.25, -0.2) is 4.98 Å². The molecule has 2 heterocycles. The molecule has 1 atom stereocenters. The van der Waals surface area contributed by atoms with Gasteiger partial charge in [-0.2, -0.15) is 0 Å². The van der Waals surface area contributed by atoms with E-state index in [4.69, 9.17) is 4.42 Å². The van der Waals surface area contributed by atoms with Crippen LogP contribution in [0.25, 0.3) is 0 Å². The van der Waals surface area contributed by atoms with Crippen molar-refractivity contribution in [2.24, 2.45) is 5.92 Å². The number of hydrogen-bond acceptors (Lipinski definition) is 3. The second-order valence-corrected chi connectivity index (χ2v) is 3.99. The van der Waals surface area contributed by atoms with Crippen molar-refractivity contribution in [2.45, 2.75) is 32.6 Å². The lowest BCUT2D eigenvalue weighted by molar-refractivity contribution is 0.340. The van der Waals surface area contributed by atoms with E-state index in [9.17, 15) is 0 Å². The van der Waals surface area contributed by atoms with Crippen molar-refractivity contribution in [3.63, 3.8) is 0 Å². The molecule has 1 saturated heterocycles. The predicted molar refractivity (Wildman–Crippen MR) is 55.2 cm³/mol. The molecule has 3 heteroatoms. The van der Waals surface area contributed by atoms with Crippen molar-refractivity contribution in [2.75, 3.05) is 13.1 Å². The standard InChI is InChI=1S/C11H18N2O/c1-2-10-8-13-11(14-10)6-9-4-3-5-12-7-9/h8-9,12H,2-7H2,1H3. The second kappa shape index (κ2) is 4.60. The summed E-state index contributed by atoms with van der Waals surface area (Å²) in [6, 6.07) is 0. The van der Waals surface area contributed by atoms with Gasteiger partial charge in [0.2, 0.25) is 0 Å². The molecule has 1 aromatic heterocycles. The summed E-state index contributed by atoms with van der Waals surface area (Å²) in [5.74, 6) is 2.63. The third-order valence-electron chi connectivity index (χ3n) is 2.81. The van der Waals surface area contributed by atoms with Gasteiger partial charge in [-0.15, -0.1) is 0 Å². The van der Waals surface area contributed by atoms with Gasteiger partial charge in [0.05, 0.1) is 6.20 Å². The third-order valence-corrected chi connectivity index (χ3v) is 2.81. The summed E-state index contributed by atoms with van der Waals surface area (Å²) in [7, 11) is 0. The third kappa shape index (κ3) is 2.35. The highest BCUT2D eigenvalue weighted by Crippen LogP contribution is 2.16. The molecule has 0 amide bonds. The predicted octanol–water partition coefficient (Wildman–Crippen LogP) is 1.78. The first-order chi connectivity index (χ1) is 6.88. The smallest absolute Gasteiger partial charge is 0.194 e. The molecule has 2 rings (SSSR count). The van der Waals surface area contributed by atoms with Gasteiger partial charge in [-0.1, -0.05) is 6.92 Å². The zero-order valence-electron chi connectivity index (χ0n) is 8.75. The molecule has 78 valence electrons. The fraction of sp³-hybridized carbons (Fsp3) is 0.727. The summed E-state index contributed by atoms with van der Waals surface area (Å²) < 4.78 is 5.60. The number of rotatable bonds is 3. The maximum absolute atomic E-state index is 5.60. The number of piperidine rings is 1. The van der Waals surface area contributed by atoms with Gasteiger partial charge in [0.15, 0.2) is 5.89 Å². The number of nitrogens with zero attached hydrogens (tertiary/aromatic N) is 1. The van der Waals surface area contributed by atoms with Crippen molar-refractivity contribution in [1.29, 1.82) is 0 Å². The first-order valence-electron chi connectivity index (χ1n) is 5.52. The van der Waals surface area contributed by atoms with Crippen LogP contribution in [0.5, 0.6) is 0 Å². The van der Waals surface area contributed by atoms with Crippen LogP contribution in [-0.4, -0.2) is 18.1 Å². The molecular weight excluding hydrogens is 176 g/mol. The van der Waals surface area contributed by atoms with E-state index >= 15 is 0 Å². The average Bonchev–Trinajstić information content (AvgIpc) is 2.67. The SMILES string of the molecule is CCc1cnc(CC2CCCNC2)o1. The van der Waals surface area contributed by atoms with Crippen molar-refractivity contribution < 1.29 is 4.42 Å². The zero-order valence-corrected chi connectivity index (χ0v) is 8.75. The Morgan fingerprint density at radius 3 is 3.21 bits per heavy atom. The van der Waals surface area contributed by atoms with Crippen LogP contribution < -0.4 is 5.32 Å². The number of oxazole rings is 1. The highest BCUT2D eigenvalue weighted by molar-refractivity contribution is 4.94. The largest absolute Gasteiger partial charge is 0.446 e. The van der Waals surface area contributed by atoms with Crippen LogP contribution in [0.2, 0.25) is 0 Å². The topological polar surface area (TPSA) is 38.1 Å². The van der Waals surface area contributed by atoms with Crippen LogP contribution in [0.3, 0.4) is 0 Å². The molecule has 1 N–H and O–H groups in total. The van der Waals surface area contributed by atoms with Crippen LogP contribution in [0, 0.1) is 5.92 Å². The molecule has 0 bridgehead atoms. The van der Waals surface area contributed by atoms with E-state index < -0.39 is 0 Å². The Bertz CT molecular complexity index is 277. The Hall–Kier alpha value is -0.830. The molecule has 0 aliphatic carbocycles. The summed E-state index contributed by atoms with van der Waals surface area (Å²) >= 11 is 0. The average molecular weight is 194 g/mol. The molecule has 1 fully saturated rings. The molecule has 0 spiro atoms. The van der Waals surface area contributed by atoms with Gasteiger partial charge in [0, 0.05) is 12.8 Å². The van der Waals surface area contributed by atoms with Crippen LogP contribution in [0.15, 0.2) is 10.6 Å². The van der Waals surface area contributed by atoms with E-state index in [0.29, 0.717) is 5.92 Å². The van der Waals surface area contributed by atoms with E-state index in [2.05, 4.69) is 17.2 Å². The summed E-state index contributed by atoms with van der Waals surface area (Å²) in [5, 5.41) is 3.41. The fourth-order valence-corrected chi connectivity index (χ4v) is 1.95. The van der Waals surface area contributed by atoms with Gasteiger partial charge in [-0.3, -0.25) is 0 Å². The van der Waals surface area contributed by atoms with Crippen LogP contribution in [-0.2, 0) is 12.8 Å². The van der Waals surface area contributed by atoms with Gasteiger partial charge < -0.3 is 9.73 Å². The summed E-state index contributed by atoms with van der Waals surface area (Å²) in [6.07, 6.45) is 6.37. The van der Waals surface area contributed by atoms with E-state index in [1.807, 2.05) is 6.20 Å². The zero-order chi connectivity index (χ0) is 9.80. The normalized spacial score (nSPS) is 22.5. The van der Waals surface area contributed by atoms with Crippen LogP contribution in [0.1, 0.15) is 31.4 Å². The van der Waals surface area contributed by atoms with Gasteiger partial charge in [0.1, 0.15) is 5.76 Å². The Labute approximate surface area is 84.9 Å². The summed E-state index contributed by atoms with van der Waals surface area (Å²) in [6.45, 7) is 4.37. The maximum Gasteiger partial charge on any atom is 0.194 e. The molecule has 0 radical (unpaired) electrons. The fourth-order valence-electron chi connectivity index (χ4n) is 1.95. The molecule has 3 nitrogen and oxygen atoms in total.